The number of benzene rings is 1. The van der Waals surface area contributed by atoms with Crippen molar-refractivity contribution in [2.75, 3.05) is 0 Å². The van der Waals surface area contributed by atoms with Crippen LogP contribution in [-0.4, -0.2) is 34.7 Å². The van der Waals surface area contributed by atoms with Crippen molar-refractivity contribution in [1.82, 2.24) is 4.90 Å². The van der Waals surface area contributed by atoms with Gasteiger partial charge in [0.05, 0.1) is 6.20 Å². The number of primary amides is 1. The molecule has 3 N–H and O–H groups in total. The Labute approximate surface area is 158 Å². The van der Waals surface area contributed by atoms with Crippen LogP contribution in [-0.2, 0) is 14.4 Å². The third kappa shape index (κ3) is 2.26. The topological polar surface area (TPSA) is 84.9 Å². The van der Waals surface area contributed by atoms with Crippen LogP contribution in [0.5, 0.6) is 0 Å². The minimum atomic E-state index is -0.686. The Bertz CT molecular complexity index is 858. The summed E-state index contributed by atoms with van der Waals surface area (Å²) in [7, 11) is 0. The van der Waals surface area contributed by atoms with Gasteiger partial charge in [0, 0.05) is 11.6 Å². The maximum absolute atomic E-state index is 13.4. The summed E-state index contributed by atoms with van der Waals surface area (Å²) in [5, 5.41) is 0. The van der Waals surface area contributed by atoms with Crippen LogP contribution in [0.4, 0.5) is 0 Å². The van der Waals surface area contributed by atoms with E-state index in [-0.39, 0.29) is 23.9 Å². The number of nitrogens with two attached hydrogens (primary N) is 1. The third-order valence-electron chi connectivity index (χ3n) is 6.90. The Balaban J connectivity index is 1.60. The van der Waals surface area contributed by atoms with Crippen LogP contribution < -0.4 is 10.6 Å². The van der Waals surface area contributed by atoms with Crippen molar-refractivity contribution in [3.05, 3.63) is 41.6 Å². The van der Waals surface area contributed by atoms with Gasteiger partial charge < -0.3 is 5.73 Å². The van der Waals surface area contributed by atoms with Crippen LogP contribution in [0.25, 0.3) is 6.08 Å². The van der Waals surface area contributed by atoms with Crippen molar-refractivity contribution >= 4 is 23.8 Å². The molecule has 5 atom stereocenters. The molecule has 1 aromatic carbocycles. The number of amides is 3. The van der Waals surface area contributed by atoms with Gasteiger partial charge in [-0.2, -0.15) is 0 Å². The second-order valence-electron chi connectivity index (χ2n) is 8.21. The molecule has 1 aromatic rings. The number of carbonyl (C=O) groups excluding carboxylic acids is 3. The molecule has 27 heavy (non-hydrogen) atoms. The standard InChI is InChI=1S/C21H23N3O3/c22-19(25)18-16-15(17-14-9-5-4-6-12(14)10-11-23(17)18)20(26)24(21(16)27)13-7-2-1-3-8-13/h4-6,9-11,13,15-18H,1-3,7-8H2,(H2,22,25)/p+1/t15-,16+,17+,18-/m0/s1. The number of hydrogen-bond acceptors (Lipinski definition) is 3. The SMILES string of the molecule is NC(=O)[C@@H]1[C@@H]2C(=O)N(C3CCCCC3)C(=O)[C@@H]2[C@H]2c3ccccc3C=C[NH+]12. The lowest BCUT2D eigenvalue weighted by atomic mass is 9.84. The zero-order chi connectivity index (χ0) is 18.7. The van der Waals surface area contributed by atoms with Gasteiger partial charge >= 0.3 is 0 Å². The highest BCUT2D eigenvalue weighted by molar-refractivity contribution is 6.08. The number of likely N-dealkylation sites (tertiary alicyclic amines) is 1. The molecule has 2 saturated heterocycles. The van der Waals surface area contributed by atoms with E-state index >= 15 is 0 Å². The van der Waals surface area contributed by atoms with Gasteiger partial charge in [-0.1, -0.05) is 43.5 Å². The van der Waals surface area contributed by atoms with Crippen molar-refractivity contribution in [1.29, 1.82) is 0 Å². The van der Waals surface area contributed by atoms with Gasteiger partial charge in [0.15, 0.2) is 6.04 Å². The summed E-state index contributed by atoms with van der Waals surface area (Å²) in [6.07, 6.45) is 8.86. The minimum Gasteiger partial charge on any atom is -0.364 e. The first-order valence-electron chi connectivity index (χ1n) is 9.89. The number of fused-ring (bicyclic) bond motifs is 5. The molecule has 5 rings (SSSR count). The van der Waals surface area contributed by atoms with Crippen molar-refractivity contribution in [2.45, 2.75) is 50.2 Å². The molecular formula is C21H24N3O3+. The molecule has 3 fully saturated rings. The van der Waals surface area contributed by atoms with E-state index in [1.165, 1.54) is 4.90 Å². The highest BCUT2D eigenvalue weighted by Gasteiger charge is 2.68. The molecule has 0 bridgehead atoms. The summed E-state index contributed by atoms with van der Waals surface area (Å²) in [5.74, 6) is -1.94. The predicted molar refractivity (Wildman–Crippen MR) is 97.9 cm³/mol. The summed E-state index contributed by atoms with van der Waals surface area (Å²) >= 11 is 0. The molecule has 3 aliphatic heterocycles. The lowest BCUT2D eigenvalue weighted by molar-refractivity contribution is -0.884. The summed E-state index contributed by atoms with van der Waals surface area (Å²) in [5.41, 5.74) is 7.81. The fourth-order valence-electron chi connectivity index (χ4n) is 5.80. The molecule has 140 valence electrons. The fourth-order valence-corrected chi connectivity index (χ4v) is 5.80. The number of quaternary nitrogens is 1. The van der Waals surface area contributed by atoms with Crippen LogP contribution in [0.1, 0.15) is 49.3 Å². The molecule has 0 aromatic heterocycles. The Kier molecular flexibility index (Phi) is 3.72. The lowest BCUT2D eigenvalue weighted by Gasteiger charge is -2.33. The average molecular weight is 366 g/mol. The highest BCUT2D eigenvalue weighted by atomic mass is 16.2. The smallest absolute Gasteiger partial charge is 0.277 e. The van der Waals surface area contributed by atoms with Crippen LogP contribution in [0.3, 0.4) is 0 Å². The summed E-state index contributed by atoms with van der Waals surface area (Å²) < 4.78 is 0. The molecular weight excluding hydrogens is 342 g/mol. The van der Waals surface area contributed by atoms with Crippen molar-refractivity contribution < 1.29 is 19.3 Å². The van der Waals surface area contributed by atoms with Gasteiger partial charge in [-0.05, 0) is 24.5 Å². The number of nitrogens with zero attached hydrogens (tertiary/aromatic N) is 1. The van der Waals surface area contributed by atoms with Gasteiger partial charge in [0.1, 0.15) is 17.9 Å². The van der Waals surface area contributed by atoms with Crippen molar-refractivity contribution in [3.63, 3.8) is 0 Å². The normalized spacial score (nSPS) is 35.1. The van der Waals surface area contributed by atoms with Gasteiger partial charge in [-0.15, -0.1) is 0 Å². The zero-order valence-electron chi connectivity index (χ0n) is 15.1. The molecule has 1 saturated carbocycles. The van der Waals surface area contributed by atoms with Crippen LogP contribution in [0.15, 0.2) is 30.5 Å². The van der Waals surface area contributed by atoms with Gasteiger partial charge in [0.25, 0.3) is 5.91 Å². The summed E-state index contributed by atoms with van der Waals surface area (Å²) in [6, 6.07) is 6.99. The minimum absolute atomic E-state index is 0.0179. The van der Waals surface area contributed by atoms with Crippen molar-refractivity contribution in [3.8, 4) is 0 Å². The fraction of sp³-hybridized carbons (Fsp3) is 0.476. The average Bonchev–Trinajstić information content (AvgIpc) is 3.16. The van der Waals surface area contributed by atoms with Crippen molar-refractivity contribution in [2.24, 2.45) is 17.6 Å². The largest absolute Gasteiger partial charge is 0.364 e. The predicted octanol–water partition coefficient (Wildman–Crippen LogP) is 0.398. The molecule has 0 spiro atoms. The molecule has 4 aliphatic rings. The second kappa shape index (κ2) is 6.02. The number of rotatable bonds is 2. The molecule has 1 aliphatic carbocycles. The second-order valence-corrected chi connectivity index (χ2v) is 8.21. The Morgan fingerprint density at radius 2 is 1.74 bits per heavy atom. The Morgan fingerprint density at radius 3 is 2.48 bits per heavy atom. The van der Waals surface area contributed by atoms with E-state index in [9.17, 15) is 14.4 Å². The Morgan fingerprint density at radius 1 is 1.04 bits per heavy atom. The number of imide groups is 1. The maximum Gasteiger partial charge on any atom is 0.277 e. The molecule has 6 heteroatoms. The summed E-state index contributed by atoms with van der Waals surface area (Å²) in [6.45, 7) is 0. The molecule has 0 radical (unpaired) electrons. The number of nitrogens with one attached hydrogen (secondary N) is 1. The first-order valence-corrected chi connectivity index (χ1v) is 9.89. The van der Waals surface area contributed by atoms with E-state index in [0.29, 0.717) is 0 Å². The Hall–Kier alpha value is -2.47. The first kappa shape index (κ1) is 16.7. The van der Waals surface area contributed by atoms with Gasteiger partial charge in [-0.25, -0.2) is 0 Å². The van der Waals surface area contributed by atoms with E-state index < -0.39 is 23.8 Å². The highest BCUT2D eigenvalue weighted by Crippen LogP contribution is 2.44. The van der Waals surface area contributed by atoms with Gasteiger partial charge in [0.2, 0.25) is 11.8 Å². The van der Waals surface area contributed by atoms with Gasteiger partial charge in [-0.3, -0.25) is 24.2 Å². The van der Waals surface area contributed by atoms with E-state index in [1.807, 2.05) is 36.5 Å². The van der Waals surface area contributed by atoms with Crippen LogP contribution in [0, 0.1) is 11.8 Å². The van der Waals surface area contributed by atoms with E-state index in [4.69, 9.17) is 5.73 Å². The lowest BCUT2D eigenvalue weighted by Crippen LogP contribution is -3.12. The quantitative estimate of drug-likeness (QED) is 0.743. The van der Waals surface area contributed by atoms with E-state index in [0.717, 1.165) is 48.1 Å². The zero-order valence-corrected chi connectivity index (χ0v) is 15.1. The first-order chi connectivity index (χ1) is 13.1. The van der Waals surface area contributed by atoms with Crippen LogP contribution >= 0.6 is 0 Å². The number of hydrogen-bond donors (Lipinski definition) is 2. The third-order valence-corrected chi connectivity index (χ3v) is 6.90. The molecule has 3 heterocycles. The number of carbonyl (C=O) groups is 3. The molecule has 3 amide bonds. The molecule has 1 unspecified atom stereocenters. The van der Waals surface area contributed by atoms with E-state index in [2.05, 4.69) is 0 Å². The molecule has 6 nitrogen and oxygen atoms in total. The van der Waals surface area contributed by atoms with E-state index in [1.54, 1.807) is 0 Å². The maximum atomic E-state index is 13.4. The van der Waals surface area contributed by atoms with Crippen LogP contribution in [0.2, 0.25) is 0 Å². The summed E-state index contributed by atoms with van der Waals surface area (Å²) in [4.78, 5) is 41.4. The monoisotopic (exact) mass is 366 g/mol.